The van der Waals surface area contributed by atoms with E-state index in [9.17, 15) is 0 Å². The predicted molar refractivity (Wildman–Crippen MR) is 81.3 cm³/mol. The van der Waals surface area contributed by atoms with Crippen LogP contribution in [0.1, 0.15) is 19.0 Å². The van der Waals surface area contributed by atoms with Gasteiger partial charge in [0.1, 0.15) is 0 Å². The Bertz CT molecular complexity index is 696. The summed E-state index contributed by atoms with van der Waals surface area (Å²) in [7, 11) is 0. The van der Waals surface area contributed by atoms with Crippen LogP contribution in [0.2, 0.25) is 0 Å². The average molecular weight is 318 g/mol. The molecule has 3 aromatic rings. The number of hydrogen-bond donors (Lipinski definition) is 0. The fourth-order valence-electron chi connectivity index (χ4n) is 2.39. The van der Waals surface area contributed by atoms with Gasteiger partial charge in [0.15, 0.2) is 0 Å². The molecule has 0 bridgehead atoms. The van der Waals surface area contributed by atoms with E-state index in [4.69, 9.17) is 0 Å². The molecule has 0 N–H and O–H groups in total. The van der Waals surface area contributed by atoms with Crippen LogP contribution in [0.3, 0.4) is 0 Å². The fraction of sp³-hybridized carbons (Fsp3) is 0.267. The monoisotopic (exact) mass is 317 g/mol. The molecule has 3 rings (SSSR count). The Morgan fingerprint density at radius 2 is 2.11 bits per heavy atom. The summed E-state index contributed by atoms with van der Waals surface area (Å²) in [5, 5.41) is 1.27. The van der Waals surface area contributed by atoms with E-state index in [0.717, 1.165) is 24.0 Å². The highest BCUT2D eigenvalue weighted by atomic mass is 79.9. The van der Waals surface area contributed by atoms with E-state index >= 15 is 0 Å². The molecule has 0 fully saturated rings. The molecule has 0 amide bonds. The summed E-state index contributed by atoms with van der Waals surface area (Å²) in [5.41, 5.74) is 2.50. The van der Waals surface area contributed by atoms with Crippen LogP contribution in [0.15, 0.2) is 47.5 Å². The number of rotatable bonds is 4. The third-order valence-corrected chi connectivity index (χ3v) is 3.82. The van der Waals surface area contributed by atoms with Crippen molar-refractivity contribution >= 4 is 26.8 Å². The van der Waals surface area contributed by atoms with E-state index in [2.05, 4.69) is 67.4 Å². The molecule has 2 aromatic heterocycles. The summed E-state index contributed by atoms with van der Waals surface area (Å²) < 4.78 is 5.61. The van der Waals surface area contributed by atoms with Gasteiger partial charge in [-0.25, -0.2) is 4.98 Å². The van der Waals surface area contributed by atoms with E-state index in [1.54, 1.807) is 0 Å². The maximum atomic E-state index is 4.26. The molecule has 0 aliphatic carbocycles. The second-order valence-electron chi connectivity index (χ2n) is 4.73. The van der Waals surface area contributed by atoms with Crippen molar-refractivity contribution < 1.29 is 0 Å². The minimum absolute atomic E-state index is 0.861. The van der Waals surface area contributed by atoms with Gasteiger partial charge in [-0.3, -0.25) is 0 Å². The van der Waals surface area contributed by atoms with Gasteiger partial charge in [0.05, 0.1) is 18.6 Å². The molecule has 0 unspecified atom stereocenters. The minimum atomic E-state index is 0.861. The first-order chi connectivity index (χ1) is 9.28. The molecule has 1 aromatic carbocycles. The summed E-state index contributed by atoms with van der Waals surface area (Å²) in [6.07, 6.45) is 7.14. The van der Waals surface area contributed by atoms with Crippen molar-refractivity contribution in [3.05, 3.63) is 53.2 Å². The third kappa shape index (κ3) is 2.45. The molecule has 2 heterocycles. The van der Waals surface area contributed by atoms with Gasteiger partial charge in [-0.2, -0.15) is 0 Å². The van der Waals surface area contributed by atoms with Crippen molar-refractivity contribution in [1.29, 1.82) is 0 Å². The Balaban J connectivity index is 1.96. The molecule has 98 valence electrons. The number of halogens is 1. The molecule has 0 saturated carbocycles. The average Bonchev–Trinajstić information content (AvgIpc) is 2.99. The molecule has 0 atom stereocenters. The maximum absolute atomic E-state index is 4.26. The third-order valence-electron chi connectivity index (χ3n) is 3.33. The van der Waals surface area contributed by atoms with Crippen LogP contribution >= 0.6 is 15.9 Å². The zero-order chi connectivity index (χ0) is 13.2. The lowest BCUT2D eigenvalue weighted by molar-refractivity contribution is 0.629. The Kier molecular flexibility index (Phi) is 3.42. The highest BCUT2D eigenvalue weighted by Gasteiger charge is 2.06. The largest absolute Gasteiger partial charge is 0.341 e. The Morgan fingerprint density at radius 1 is 1.21 bits per heavy atom. The number of fused-ring (bicyclic) bond motifs is 1. The van der Waals surface area contributed by atoms with E-state index in [1.165, 1.54) is 16.6 Å². The summed E-state index contributed by atoms with van der Waals surface area (Å²) in [5.74, 6) is 0. The van der Waals surface area contributed by atoms with Gasteiger partial charge in [0.2, 0.25) is 0 Å². The van der Waals surface area contributed by atoms with Gasteiger partial charge in [-0.05, 0) is 30.0 Å². The summed E-state index contributed by atoms with van der Waals surface area (Å²) in [6.45, 7) is 4.07. The van der Waals surface area contributed by atoms with Crippen LogP contribution in [0, 0.1) is 0 Å². The topological polar surface area (TPSA) is 22.8 Å². The quantitative estimate of drug-likeness (QED) is 0.711. The number of nitrogens with zero attached hydrogens (tertiary/aromatic N) is 3. The number of hydrogen-bond acceptors (Lipinski definition) is 1. The van der Waals surface area contributed by atoms with Crippen molar-refractivity contribution in [2.75, 3.05) is 0 Å². The number of aromatic nitrogens is 3. The van der Waals surface area contributed by atoms with Gasteiger partial charge in [-0.15, -0.1) is 0 Å². The maximum Gasteiger partial charge on any atom is 0.0948 e. The summed E-state index contributed by atoms with van der Waals surface area (Å²) in [4.78, 5) is 4.26. The van der Waals surface area contributed by atoms with Crippen LogP contribution in [0.5, 0.6) is 0 Å². The van der Waals surface area contributed by atoms with Crippen LogP contribution in [0.25, 0.3) is 10.9 Å². The lowest BCUT2D eigenvalue weighted by Gasteiger charge is -2.09. The van der Waals surface area contributed by atoms with E-state index < -0.39 is 0 Å². The SMILES string of the molecule is CCCn1cncc1Cn1ccc2ccc(Br)cc21. The summed E-state index contributed by atoms with van der Waals surface area (Å²) >= 11 is 3.54. The fourth-order valence-corrected chi connectivity index (χ4v) is 2.74. The highest BCUT2D eigenvalue weighted by molar-refractivity contribution is 9.10. The number of aryl methyl sites for hydroxylation is 1. The molecular formula is C15H16BrN3. The molecule has 0 aliphatic rings. The van der Waals surface area contributed by atoms with Gasteiger partial charge < -0.3 is 9.13 Å². The van der Waals surface area contributed by atoms with Gasteiger partial charge >= 0.3 is 0 Å². The van der Waals surface area contributed by atoms with Crippen molar-refractivity contribution in [3.8, 4) is 0 Å². The minimum Gasteiger partial charge on any atom is -0.341 e. The Morgan fingerprint density at radius 3 is 2.95 bits per heavy atom. The molecular weight excluding hydrogens is 302 g/mol. The van der Waals surface area contributed by atoms with Crippen molar-refractivity contribution in [1.82, 2.24) is 14.1 Å². The second-order valence-corrected chi connectivity index (χ2v) is 5.64. The van der Waals surface area contributed by atoms with Gasteiger partial charge in [0, 0.05) is 28.9 Å². The van der Waals surface area contributed by atoms with Crippen LogP contribution in [-0.4, -0.2) is 14.1 Å². The predicted octanol–water partition coefficient (Wildman–Crippen LogP) is 4.06. The molecule has 0 saturated heterocycles. The zero-order valence-corrected chi connectivity index (χ0v) is 12.5. The van der Waals surface area contributed by atoms with E-state index in [-0.39, 0.29) is 0 Å². The molecule has 0 aliphatic heterocycles. The first-order valence-corrected chi connectivity index (χ1v) is 7.30. The van der Waals surface area contributed by atoms with Crippen LogP contribution in [-0.2, 0) is 13.1 Å². The normalized spacial score (nSPS) is 11.3. The first-order valence-electron chi connectivity index (χ1n) is 6.51. The highest BCUT2D eigenvalue weighted by Crippen LogP contribution is 2.21. The van der Waals surface area contributed by atoms with Gasteiger partial charge in [-0.1, -0.05) is 28.9 Å². The first kappa shape index (κ1) is 12.5. The second kappa shape index (κ2) is 5.21. The molecule has 0 radical (unpaired) electrons. The van der Waals surface area contributed by atoms with Crippen LogP contribution in [0.4, 0.5) is 0 Å². The smallest absolute Gasteiger partial charge is 0.0948 e. The zero-order valence-electron chi connectivity index (χ0n) is 10.9. The number of imidazole rings is 1. The molecule has 4 heteroatoms. The van der Waals surface area contributed by atoms with Crippen molar-refractivity contribution in [2.24, 2.45) is 0 Å². The van der Waals surface area contributed by atoms with Crippen LogP contribution < -0.4 is 0 Å². The molecule has 19 heavy (non-hydrogen) atoms. The molecule has 3 nitrogen and oxygen atoms in total. The lowest BCUT2D eigenvalue weighted by Crippen LogP contribution is -2.06. The van der Waals surface area contributed by atoms with E-state index in [0.29, 0.717) is 0 Å². The number of benzene rings is 1. The summed E-state index contributed by atoms with van der Waals surface area (Å²) in [6, 6.07) is 8.53. The Hall–Kier alpha value is -1.55. The van der Waals surface area contributed by atoms with Crippen molar-refractivity contribution in [3.63, 3.8) is 0 Å². The lowest BCUT2D eigenvalue weighted by atomic mass is 10.2. The van der Waals surface area contributed by atoms with E-state index in [1.807, 2.05) is 12.5 Å². The van der Waals surface area contributed by atoms with Crippen molar-refractivity contribution in [2.45, 2.75) is 26.4 Å². The van der Waals surface area contributed by atoms with Gasteiger partial charge in [0.25, 0.3) is 0 Å². The standard InChI is InChI=1S/C15H16BrN3/c1-2-6-19-11-17-9-14(19)10-18-7-5-12-3-4-13(16)8-15(12)18/h3-5,7-9,11H,2,6,10H2,1H3. The molecule has 0 spiro atoms. The Labute approximate surface area is 121 Å².